The van der Waals surface area contributed by atoms with Crippen LogP contribution in [0.2, 0.25) is 0 Å². The number of rotatable bonds is 5. The van der Waals surface area contributed by atoms with Gasteiger partial charge in [-0.15, -0.1) is 0 Å². The van der Waals surface area contributed by atoms with Crippen molar-refractivity contribution in [2.75, 3.05) is 13.1 Å². The minimum Gasteiger partial charge on any atom is -0.311 e. The predicted octanol–water partition coefficient (Wildman–Crippen LogP) is 0.954. The van der Waals surface area contributed by atoms with Gasteiger partial charge < -0.3 is 10.6 Å². The van der Waals surface area contributed by atoms with Gasteiger partial charge in [-0.1, -0.05) is 0 Å². The molecular formula is C11H20N4. The molecule has 0 radical (unpaired) electrons. The van der Waals surface area contributed by atoms with E-state index in [2.05, 4.69) is 41.4 Å². The summed E-state index contributed by atoms with van der Waals surface area (Å²) >= 11 is 0. The van der Waals surface area contributed by atoms with Crippen LogP contribution in [-0.4, -0.2) is 28.6 Å². The fourth-order valence-electron chi connectivity index (χ4n) is 1.17. The van der Waals surface area contributed by atoms with Crippen molar-refractivity contribution in [3.63, 3.8) is 0 Å². The molecule has 0 bridgehead atoms. The van der Waals surface area contributed by atoms with E-state index >= 15 is 0 Å². The average Bonchev–Trinajstić information content (AvgIpc) is 2.17. The van der Waals surface area contributed by atoms with Gasteiger partial charge in [-0.3, -0.25) is 0 Å². The van der Waals surface area contributed by atoms with E-state index in [1.807, 2.05) is 6.07 Å². The topological polar surface area (TPSA) is 49.8 Å². The summed E-state index contributed by atoms with van der Waals surface area (Å²) in [6.07, 6.45) is 3.34. The Morgan fingerprint density at radius 1 is 1.27 bits per heavy atom. The van der Waals surface area contributed by atoms with Gasteiger partial charge in [0.15, 0.2) is 0 Å². The van der Waals surface area contributed by atoms with Crippen molar-refractivity contribution >= 4 is 0 Å². The molecule has 15 heavy (non-hydrogen) atoms. The highest BCUT2D eigenvalue weighted by Crippen LogP contribution is 1.96. The van der Waals surface area contributed by atoms with Crippen LogP contribution in [0.5, 0.6) is 0 Å². The minimum absolute atomic E-state index is 0.191. The van der Waals surface area contributed by atoms with Gasteiger partial charge in [0, 0.05) is 31.4 Å². The van der Waals surface area contributed by atoms with Crippen LogP contribution in [0.25, 0.3) is 0 Å². The molecule has 0 aliphatic carbocycles. The Balaban J connectivity index is 2.08. The quantitative estimate of drug-likeness (QED) is 0.708. The summed E-state index contributed by atoms with van der Waals surface area (Å²) in [6, 6.07) is 1.92. The molecule has 2 N–H and O–H groups in total. The van der Waals surface area contributed by atoms with Crippen molar-refractivity contribution < 1.29 is 0 Å². The Labute approximate surface area is 91.5 Å². The summed E-state index contributed by atoms with van der Waals surface area (Å²) in [7, 11) is 0. The highest BCUT2D eigenvalue weighted by Gasteiger charge is 2.06. The zero-order valence-electron chi connectivity index (χ0n) is 9.75. The molecule has 4 heteroatoms. The molecule has 1 aromatic rings. The first-order valence-corrected chi connectivity index (χ1v) is 5.28. The molecule has 1 rings (SSSR count). The summed E-state index contributed by atoms with van der Waals surface area (Å²) in [5.41, 5.74) is 1.22. The lowest BCUT2D eigenvalue weighted by atomic mass is 10.1. The van der Waals surface area contributed by atoms with Crippen LogP contribution in [-0.2, 0) is 6.54 Å². The van der Waals surface area contributed by atoms with Crippen LogP contribution in [0, 0.1) is 0 Å². The predicted molar refractivity (Wildman–Crippen MR) is 61.5 cm³/mol. The first-order chi connectivity index (χ1) is 7.08. The molecule has 0 amide bonds. The summed E-state index contributed by atoms with van der Waals surface area (Å²) in [4.78, 5) is 8.00. The first-order valence-electron chi connectivity index (χ1n) is 5.28. The Bertz CT molecular complexity index is 266. The van der Waals surface area contributed by atoms with Gasteiger partial charge >= 0.3 is 0 Å². The number of hydrogen-bond acceptors (Lipinski definition) is 4. The van der Waals surface area contributed by atoms with Crippen molar-refractivity contribution in [1.29, 1.82) is 0 Å². The normalized spacial score (nSPS) is 11.7. The van der Waals surface area contributed by atoms with Gasteiger partial charge in [0.25, 0.3) is 0 Å². The summed E-state index contributed by atoms with van der Waals surface area (Å²) in [5, 5.41) is 6.73. The minimum atomic E-state index is 0.191. The van der Waals surface area contributed by atoms with Crippen molar-refractivity contribution in [2.24, 2.45) is 0 Å². The van der Waals surface area contributed by atoms with E-state index in [4.69, 9.17) is 0 Å². The Hall–Kier alpha value is -1.00. The average molecular weight is 208 g/mol. The third-order valence-corrected chi connectivity index (χ3v) is 1.91. The largest absolute Gasteiger partial charge is 0.311 e. The summed E-state index contributed by atoms with van der Waals surface area (Å²) < 4.78 is 0. The molecule has 1 heterocycles. The third kappa shape index (κ3) is 6.14. The number of nitrogens with one attached hydrogen (secondary N) is 2. The third-order valence-electron chi connectivity index (χ3n) is 1.91. The lowest BCUT2D eigenvalue weighted by Crippen LogP contribution is -2.40. The van der Waals surface area contributed by atoms with Crippen LogP contribution in [0.15, 0.2) is 18.6 Å². The Morgan fingerprint density at radius 2 is 2.07 bits per heavy atom. The molecule has 84 valence electrons. The standard InChI is InChI=1S/C11H20N4/c1-11(2,3)15-7-6-12-8-10-4-5-13-9-14-10/h4-5,9,12,15H,6-8H2,1-3H3. The molecule has 0 aliphatic rings. The van der Waals surface area contributed by atoms with Crippen LogP contribution < -0.4 is 10.6 Å². The first kappa shape index (κ1) is 12.1. The Morgan fingerprint density at radius 3 is 2.67 bits per heavy atom. The van der Waals surface area contributed by atoms with Gasteiger partial charge in [-0.25, -0.2) is 9.97 Å². The Kier molecular flexibility index (Phi) is 4.65. The zero-order chi connectivity index (χ0) is 11.1. The van der Waals surface area contributed by atoms with Crippen molar-refractivity contribution in [3.8, 4) is 0 Å². The van der Waals surface area contributed by atoms with E-state index in [0.29, 0.717) is 0 Å². The van der Waals surface area contributed by atoms with Crippen LogP contribution >= 0.6 is 0 Å². The van der Waals surface area contributed by atoms with E-state index in [0.717, 1.165) is 25.3 Å². The van der Waals surface area contributed by atoms with E-state index < -0.39 is 0 Å². The van der Waals surface area contributed by atoms with Crippen LogP contribution in [0.3, 0.4) is 0 Å². The van der Waals surface area contributed by atoms with E-state index in [1.54, 1.807) is 12.5 Å². The second-order valence-corrected chi connectivity index (χ2v) is 4.55. The number of aromatic nitrogens is 2. The molecule has 4 nitrogen and oxygen atoms in total. The zero-order valence-corrected chi connectivity index (χ0v) is 9.75. The van der Waals surface area contributed by atoms with Crippen molar-refractivity contribution in [2.45, 2.75) is 32.9 Å². The monoisotopic (exact) mass is 208 g/mol. The van der Waals surface area contributed by atoms with Gasteiger partial charge in [-0.2, -0.15) is 0 Å². The lowest BCUT2D eigenvalue weighted by molar-refractivity contribution is 0.421. The molecule has 0 fully saturated rings. The second kappa shape index (κ2) is 5.78. The SMILES string of the molecule is CC(C)(C)NCCNCc1ccncn1. The molecule has 0 unspecified atom stereocenters. The fraction of sp³-hybridized carbons (Fsp3) is 0.636. The van der Waals surface area contributed by atoms with Gasteiger partial charge in [0.1, 0.15) is 6.33 Å². The maximum atomic E-state index is 4.13. The molecule has 0 aromatic carbocycles. The molecule has 0 atom stereocenters. The highest BCUT2D eigenvalue weighted by molar-refractivity contribution is 4.96. The summed E-state index contributed by atoms with van der Waals surface area (Å²) in [6.45, 7) is 9.20. The van der Waals surface area contributed by atoms with Crippen LogP contribution in [0.4, 0.5) is 0 Å². The summed E-state index contributed by atoms with van der Waals surface area (Å²) in [5.74, 6) is 0. The smallest absolute Gasteiger partial charge is 0.115 e. The van der Waals surface area contributed by atoms with E-state index in [9.17, 15) is 0 Å². The molecule has 1 aromatic heterocycles. The lowest BCUT2D eigenvalue weighted by Gasteiger charge is -2.20. The molecule has 0 saturated heterocycles. The van der Waals surface area contributed by atoms with Crippen LogP contribution in [0.1, 0.15) is 26.5 Å². The molecular weight excluding hydrogens is 188 g/mol. The molecule has 0 spiro atoms. The molecule has 0 saturated carbocycles. The van der Waals surface area contributed by atoms with E-state index in [1.165, 1.54) is 0 Å². The maximum Gasteiger partial charge on any atom is 0.115 e. The van der Waals surface area contributed by atoms with Crippen molar-refractivity contribution in [3.05, 3.63) is 24.3 Å². The van der Waals surface area contributed by atoms with Crippen molar-refractivity contribution in [1.82, 2.24) is 20.6 Å². The highest BCUT2D eigenvalue weighted by atomic mass is 15.0. The number of hydrogen-bond donors (Lipinski definition) is 2. The van der Waals surface area contributed by atoms with E-state index in [-0.39, 0.29) is 5.54 Å². The fourth-order valence-corrected chi connectivity index (χ4v) is 1.17. The van der Waals surface area contributed by atoms with Gasteiger partial charge in [0.2, 0.25) is 0 Å². The number of nitrogens with zero attached hydrogens (tertiary/aromatic N) is 2. The maximum absolute atomic E-state index is 4.13. The van der Waals surface area contributed by atoms with Gasteiger partial charge in [-0.05, 0) is 26.8 Å². The molecule has 0 aliphatic heterocycles. The van der Waals surface area contributed by atoms with Gasteiger partial charge in [0.05, 0.1) is 5.69 Å². The second-order valence-electron chi connectivity index (χ2n) is 4.55.